The van der Waals surface area contributed by atoms with Crippen molar-refractivity contribution in [3.8, 4) is 0 Å². The van der Waals surface area contributed by atoms with Gasteiger partial charge in [0.25, 0.3) is 0 Å². The lowest BCUT2D eigenvalue weighted by Crippen LogP contribution is -2.52. The second kappa shape index (κ2) is 5.36. The zero-order chi connectivity index (χ0) is 12.3. The van der Waals surface area contributed by atoms with Crippen molar-refractivity contribution in [1.29, 1.82) is 0 Å². The predicted octanol–water partition coefficient (Wildman–Crippen LogP) is 2.00. The minimum absolute atomic E-state index is 0.253. The van der Waals surface area contributed by atoms with Crippen LogP contribution in [-0.4, -0.2) is 46.2 Å². The molecule has 1 aliphatic heterocycles. The summed E-state index contributed by atoms with van der Waals surface area (Å²) in [5.74, 6) is 0.403. The third-order valence-electron chi connectivity index (χ3n) is 2.39. The van der Waals surface area contributed by atoms with E-state index in [-0.39, 0.29) is 12.2 Å². The monoisotopic (exact) mass is 293 g/mol. The van der Waals surface area contributed by atoms with Crippen LogP contribution in [0.2, 0.25) is 0 Å². The van der Waals surface area contributed by atoms with Gasteiger partial charge in [0.15, 0.2) is 0 Å². The zero-order valence-electron chi connectivity index (χ0n) is 10.1. The van der Waals surface area contributed by atoms with Gasteiger partial charge >= 0.3 is 6.09 Å². The number of likely N-dealkylation sites (tertiary alicyclic amines) is 1. The van der Waals surface area contributed by atoms with Crippen molar-refractivity contribution in [2.45, 2.75) is 38.9 Å². The third-order valence-corrected chi connectivity index (χ3v) is 3.14. The average Bonchev–Trinajstić information content (AvgIpc) is 2.06. The molecule has 0 aromatic carbocycles. The van der Waals surface area contributed by atoms with Gasteiger partial charge in [0.2, 0.25) is 0 Å². The number of alkyl halides is 1. The fourth-order valence-electron chi connectivity index (χ4n) is 1.64. The molecular weight excluding hydrogens is 274 g/mol. The van der Waals surface area contributed by atoms with Crippen LogP contribution in [0.15, 0.2) is 0 Å². The number of hydrogen-bond donors (Lipinski definition) is 1. The highest BCUT2D eigenvalue weighted by Gasteiger charge is 2.34. The second-order valence-electron chi connectivity index (χ2n) is 5.30. The van der Waals surface area contributed by atoms with E-state index in [2.05, 4.69) is 15.9 Å². The number of aliphatic hydroxyl groups is 1. The number of aliphatic hydroxyl groups excluding tert-OH is 1. The molecule has 1 N–H and O–H groups in total. The SMILES string of the molecule is CC(C)(C)OC(=O)N1CC(CC(O)CBr)C1. The Balaban J connectivity index is 2.23. The fraction of sp³-hybridized carbons (Fsp3) is 0.909. The molecule has 0 aliphatic carbocycles. The summed E-state index contributed by atoms with van der Waals surface area (Å²) in [6.07, 6.45) is 0.174. The number of halogens is 1. The summed E-state index contributed by atoms with van der Waals surface area (Å²) in [5.41, 5.74) is -0.433. The number of hydrogen-bond acceptors (Lipinski definition) is 3. The molecule has 1 heterocycles. The number of amides is 1. The highest BCUT2D eigenvalue weighted by Crippen LogP contribution is 2.23. The molecule has 1 unspecified atom stereocenters. The quantitative estimate of drug-likeness (QED) is 0.810. The van der Waals surface area contributed by atoms with Gasteiger partial charge in [-0.2, -0.15) is 0 Å². The van der Waals surface area contributed by atoms with Crippen LogP contribution < -0.4 is 0 Å². The molecule has 0 aromatic heterocycles. The normalized spacial score (nSPS) is 19.2. The molecule has 4 nitrogen and oxygen atoms in total. The molecule has 1 amide bonds. The molecular formula is C11H20BrNO3. The Morgan fingerprint density at radius 3 is 2.56 bits per heavy atom. The summed E-state index contributed by atoms with van der Waals surface area (Å²) in [6, 6.07) is 0. The van der Waals surface area contributed by atoms with Crippen LogP contribution in [0.25, 0.3) is 0 Å². The maximum Gasteiger partial charge on any atom is 0.410 e. The van der Waals surface area contributed by atoms with Gasteiger partial charge in [0.1, 0.15) is 5.60 Å². The maximum atomic E-state index is 11.6. The molecule has 1 atom stereocenters. The van der Waals surface area contributed by atoms with Gasteiger partial charge in [-0.3, -0.25) is 0 Å². The number of ether oxygens (including phenoxy) is 1. The van der Waals surface area contributed by atoms with Crippen LogP contribution in [0.4, 0.5) is 4.79 Å². The van der Waals surface area contributed by atoms with Crippen molar-refractivity contribution in [3.05, 3.63) is 0 Å². The first-order valence-corrected chi connectivity index (χ1v) is 6.66. The first kappa shape index (κ1) is 13.8. The Kier molecular flexibility index (Phi) is 4.62. The summed E-state index contributed by atoms with van der Waals surface area (Å²) in [4.78, 5) is 13.3. The van der Waals surface area contributed by atoms with Gasteiger partial charge in [0.05, 0.1) is 6.10 Å². The predicted molar refractivity (Wildman–Crippen MR) is 65.7 cm³/mol. The molecule has 0 radical (unpaired) electrons. The summed E-state index contributed by atoms with van der Waals surface area (Å²) in [7, 11) is 0. The topological polar surface area (TPSA) is 49.8 Å². The number of carbonyl (C=O) groups is 1. The molecule has 1 aliphatic rings. The van der Waals surface area contributed by atoms with E-state index in [9.17, 15) is 9.90 Å². The molecule has 0 spiro atoms. The summed E-state index contributed by atoms with van der Waals surface area (Å²) >= 11 is 3.23. The largest absolute Gasteiger partial charge is 0.444 e. The lowest BCUT2D eigenvalue weighted by atomic mass is 9.94. The van der Waals surface area contributed by atoms with E-state index < -0.39 is 5.60 Å². The highest BCUT2D eigenvalue weighted by atomic mass is 79.9. The van der Waals surface area contributed by atoms with E-state index in [4.69, 9.17) is 4.74 Å². The van der Waals surface area contributed by atoms with E-state index in [1.165, 1.54) is 0 Å². The Morgan fingerprint density at radius 1 is 1.56 bits per heavy atom. The average molecular weight is 294 g/mol. The smallest absolute Gasteiger partial charge is 0.410 e. The van der Waals surface area contributed by atoms with Gasteiger partial charge in [-0.1, -0.05) is 15.9 Å². The molecule has 1 fully saturated rings. The molecule has 1 saturated heterocycles. The van der Waals surface area contributed by atoms with E-state index >= 15 is 0 Å². The van der Waals surface area contributed by atoms with Gasteiger partial charge in [0, 0.05) is 18.4 Å². The van der Waals surface area contributed by atoms with Crippen molar-refractivity contribution < 1.29 is 14.6 Å². The van der Waals surface area contributed by atoms with E-state index in [1.807, 2.05) is 20.8 Å². The summed E-state index contributed by atoms with van der Waals surface area (Å²) < 4.78 is 5.24. The first-order chi connectivity index (χ1) is 7.31. The van der Waals surface area contributed by atoms with Crippen molar-refractivity contribution >= 4 is 22.0 Å². The van der Waals surface area contributed by atoms with Crippen LogP contribution in [0, 0.1) is 5.92 Å². The molecule has 0 saturated carbocycles. The Hall–Kier alpha value is -0.290. The summed E-state index contributed by atoms with van der Waals surface area (Å²) in [6.45, 7) is 6.96. The van der Waals surface area contributed by atoms with Gasteiger partial charge in [-0.05, 0) is 33.1 Å². The number of nitrogens with zero attached hydrogens (tertiary/aromatic N) is 1. The van der Waals surface area contributed by atoms with E-state index in [0.717, 1.165) is 6.42 Å². The molecule has 0 aromatic rings. The minimum atomic E-state index is -0.433. The molecule has 0 bridgehead atoms. The second-order valence-corrected chi connectivity index (χ2v) is 5.94. The van der Waals surface area contributed by atoms with Gasteiger partial charge < -0.3 is 14.7 Å². The van der Waals surface area contributed by atoms with Crippen molar-refractivity contribution in [2.24, 2.45) is 5.92 Å². The first-order valence-electron chi connectivity index (χ1n) is 5.54. The van der Waals surface area contributed by atoms with Crippen LogP contribution in [0.3, 0.4) is 0 Å². The van der Waals surface area contributed by atoms with Crippen LogP contribution >= 0.6 is 15.9 Å². The number of carbonyl (C=O) groups excluding carboxylic acids is 1. The standard InChI is InChI=1S/C11H20BrNO3/c1-11(2,3)16-10(15)13-6-8(7-13)4-9(14)5-12/h8-9,14H,4-7H2,1-3H3. The van der Waals surface area contributed by atoms with Crippen LogP contribution in [-0.2, 0) is 4.74 Å². The lowest BCUT2D eigenvalue weighted by molar-refractivity contribution is -0.00812. The Morgan fingerprint density at radius 2 is 2.12 bits per heavy atom. The number of rotatable bonds is 3. The van der Waals surface area contributed by atoms with E-state index in [0.29, 0.717) is 24.3 Å². The molecule has 94 valence electrons. The summed E-state index contributed by atoms with van der Waals surface area (Å²) in [5, 5.41) is 10.0. The molecule has 16 heavy (non-hydrogen) atoms. The van der Waals surface area contributed by atoms with Crippen molar-refractivity contribution in [3.63, 3.8) is 0 Å². The van der Waals surface area contributed by atoms with Crippen LogP contribution in [0.5, 0.6) is 0 Å². The molecule has 1 rings (SSSR count). The highest BCUT2D eigenvalue weighted by molar-refractivity contribution is 9.09. The Labute approximate surface area is 105 Å². The van der Waals surface area contributed by atoms with Crippen molar-refractivity contribution in [1.82, 2.24) is 4.90 Å². The van der Waals surface area contributed by atoms with Gasteiger partial charge in [-0.15, -0.1) is 0 Å². The Bertz CT molecular complexity index is 246. The lowest BCUT2D eigenvalue weighted by Gasteiger charge is -2.40. The van der Waals surface area contributed by atoms with Crippen molar-refractivity contribution in [2.75, 3.05) is 18.4 Å². The third kappa shape index (κ3) is 4.29. The zero-order valence-corrected chi connectivity index (χ0v) is 11.7. The fourth-order valence-corrected chi connectivity index (χ4v) is 1.91. The molecule has 5 heteroatoms. The minimum Gasteiger partial charge on any atom is -0.444 e. The van der Waals surface area contributed by atoms with Crippen LogP contribution in [0.1, 0.15) is 27.2 Å². The van der Waals surface area contributed by atoms with Gasteiger partial charge in [-0.25, -0.2) is 4.79 Å². The van der Waals surface area contributed by atoms with E-state index in [1.54, 1.807) is 4.90 Å². The maximum absolute atomic E-state index is 11.6.